The first-order chi connectivity index (χ1) is 10.3. The molecular formula is C17H15NO3. The monoisotopic (exact) mass is 281 g/mol. The van der Waals surface area contributed by atoms with Crippen LogP contribution in [0.4, 0.5) is 0 Å². The highest BCUT2D eigenvalue weighted by molar-refractivity contribution is 5.84. The lowest BCUT2D eigenvalue weighted by molar-refractivity contribution is 0.174. The maximum absolute atomic E-state index is 9.88. The van der Waals surface area contributed by atoms with E-state index >= 15 is 0 Å². The molecule has 2 aromatic carbocycles. The van der Waals surface area contributed by atoms with E-state index in [0.717, 1.165) is 42.0 Å². The van der Waals surface area contributed by atoms with Crippen LogP contribution in [0.15, 0.2) is 24.3 Å². The third kappa shape index (κ3) is 1.48. The topological polar surface area (TPSA) is 50.7 Å². The van der Waals surface area contributed by atoms with E-state index < -0.39 is 0 Å². The van der Waals surface area contributed by atoms with Crippen LogP contribution < -0.4 is 14.8 Å². The molecule has 0 amide bonds. The van der Waals surface area contributed by atoms with Crippen LogP contribution in [-0.2, 0) is 12.8 Å². The standard InChI is InChI=1S/C17H15NO3/c19-11-2-1-9-5-13-15-10(3-4-18-13)6-14-17(21-8-20-14)16(15)12(9)7-11/h1-2,6-7,13,18-19H,3-5,8H2. The molecule has 5 rings (SSSR count). The van der Waals surface area contributed by atoms with Crippen molar-refractivity contribution in [3.8, 4) is 28.4 Å². The molecule has 2 aromatic rings. The molecule has 2 aliphatic heterocycles. The van der Waals surface area contributed by atoms with E-state index in [2.05, 4.69) is 11.4 Å². The summed E-state index contributed by atoms with van der Waals surface area (Å²) in [6.45, 7) is 1.27. The van der Waals surface area contributed by atoms with E-state index in [-0.39, 0.29) is 6.79 Å². The fraction of sp³-hybridized carbons (Fsp3) is 0.294. The van der Waals surface area contributed by atoms with Crippen LogP contribution >= 0.6 is 0 Å². The Morgan fingerprint density at radius 1 is 1.14 bits per heavy atom. The van der Waals surface area contributed by atoms with Crippen LogP contribution in [0.25, 0.3) is 11.1 Å². The normalized spacial score (nSPS) is 20.9. The van der Waals surface area contributed by atoms with Crippen molar-refractivity contribution in [1.82, 2.24) is 5.32 Å². The summed E-state index contributed by atoms with van der Waals surface area (Å²) in [5, 5.41) is 13.5. The lowest BCUT2D eigenvalue weighted by atomic mass is 9.77. The minimum Gasteiger partial charge on any atom is -0.508 e. The predicted molar refractivity (Wildman–Crippen MR) is 77.8 cm³/mol. The zero-order valence-corrected chi connectivity index (χ0v) is 11.5. The molecule has 2 N–H and O–H groups in total. The predicted octanol–water partition coefficient (Wildman–Crippen LogP) is 2.53. The lowest BCUT2D eigenvalue weighted by Crippen LogP contribution is -2.33. The van der Waals surface area contributed by atoms with Gasteiger partial charge in [-0.15, -0.1) is 0 Å². The van der Waals surface area contributed by atoms with Crippen LogP contribution in [-0.4, -0.2) is 18.4 Å². The van der Waals surface area contributed by atoms with Gasteiger partial charge in [0.2, 0.25) is 6.79 Å². The maximum atomic E-state index is 9.88. The molecule has 0 spiro atoms. The summed E-state index contributed by atoms with van der Waals surface area (Å²) in [5.74, 6) is 1.95. The van der Waals surface area contributed by atoms with Crippen molar-refractivity contribution in [1.29, 1.82) is 0 Å². The highest BCUT2D eigenvalue weighted by atomic mass is 16.7. The zero-order chi connectivity index (χ0) is 14.0. The summed E-state index contributed by atoms with van der Waals surface area (Å²) in [6, 6.07) is 8.07. The number of hydrogen-bond donors (Lipinski definition) is 2. The number of phenols is 1. The third-order valence-corrected chi connectivity index (χ3v) is 4.71. The Kier molecular flexibility index (Phi) is 2.14. The highest BCUT2D eigenvalue weighted by Crippen LogP contribution is 2.52. The second-order valence-corrected chi connectivity index (χ2v) is 5.86. The van der Waals surface area contributed by atoms with E-state index in [4.69, 9.17) is 9.47 Å². The molecule has 3 aliphatic rings. The first-order valence-corrected chi connectivity index (χ1v) is 7.32. The fourth-order valence-electron chi connectivity index (χ4n) is 3.83. The molecule has 21 heavy (non-hydrogen) atoms. The van der Waals surface area contributed by atoms with Gasteiger partial charge in [-0.25, -0.2) is 0 Å². The molecule has 0 bridgehead atoms. The minimum atomic E-state index is 0.275. The van der Waals surface area contributed by atoms with Crippen molar-refractivity contribution < 1.29 is 14.6 Å². The molecule has 4 heteroatoms. The largest absolute Gasteiger partial charge is 0.508 e. The van der Waals surface area contributed by atoms with Gasteiger partial charge < -0.3 is 19.9 Å². The van der Waals surface area contributed by atoms with Crippen molar-refractivity contribution in [2.45, 2.75) is 18.9 Å². The Labute approximate surface area is 122 Å². The molecule has 0 saturated heterocycles. The van der Waals surface area contributed by atoms with Gasteiger partial charge in [-0.2, -0.15) is 0 Å². The minimum absolute atomic E-state index is 0.275. The highest BCUT2D eigenvalue weighted by Gasteiger charge is 2.35. The van der Waals surface area contributed by atoms with Crippen LogP contribution in [0.1, 0.15) is 22.7 Å². The molecule has 1 atom stereocenters. The number of phenolic OH excluding ortho intramolecular Hbond substituents is 1. The van der Waals surface area contributed by atoms with Gasteiger partial charge >= 0.3 is 0 Å². The van der Waals surface area contributed by atoms with E-state index in [0.29, 0.717) is 11.8 Å². The van der Waals surface area contributed by atoms with Gasteiger partial charge in [0.05, 0.1) is 0 Å². The Hall–Kier alpha value is -2.20. The number of ether oxygens (including phenoxy) is 2. The van der Waals surface area contributed by atoms with Crippen LogP contribution in [0.2, 0.25) is 0 Å². The number of fused-ring (bicyclic) bond motifs is 4. The average Bonchev–Trinajstić information content (AvgIpc) is 2.95. The number of nitrogens with one attached hydrogen (secondary N) is 1. The van der Waals surface area contributed by atoms with Gasteiger partial charge in [-0.05, 0) is 59.8 Å². The lowest BCUT2D eigenvalue weighted by Gasteiger charge is -2.34. The number of hydrogen-bond acceptors (Lipinski definition) is 4. The Balaban J connectivity index is 1.89. The van der Waals surface area contributed by atoms with E-state index in [1.165, 1.54) is 16.7 Å². The SMILES string of the molecule is Oc1ccc2c(c1)-c1c3c(cc4c1C(C2)NCC4)OCO3. The van der Waals surface area contributed by atoms with Crippen molar-refractivity contribution >= 4 is 0 Å². The molecule has 1 aliphatic carbocycles. The summed E-state index contributed by atoms with van der Waals surface area (Å²) >= 11 is 0. The first-order valence-electron chi connectivity index (χ1n) is 7.32. The van der Waals surface area contributed by atoms with Gasteiger partial charge in [0, 0.05) is 11.6 Å². The quantitative estimate of drug-likeness (QED) is 0.779. The van der Waals surface area contributed by atoms with Crippen LogP contribution in [0.3, 0.4) is 0 Å². The molecule has 0 fully saturated rings. The molecule has 1 unspecified atom stereocenters. The van der Waals surface area contributed by atoms with E-state index in [9.17, 15) is 5.11 Å². The van der Waals surface area contributed by atoms with Crippen LogP contribution in [0, 0.1) is 0 Å². The maximum Gasteiger partial charge on any atom is 0.231 e. The van der Waals surface area contributed by atoms with Gasteiger partial charge in [-0.1, -0.05) is 6.07 Å². The zero-order valence-electron chi connectivity index (χ0n) is 11.5. The molecule has 4 nitrogen and oxygen atoms in total. The van der Waals surface area contributed by atoms with Gasteiger partial charge in [0.25, 0.3) is 0 Å². The average molecular weight is 281 g/mol. The van der Waals surface area contributed by atoms with Crippen molar-refractivity contribution in [2.75, 3.05) is 13.3 Å². The van der Waals surface area contributed by atoms with Crippen LogP contribution in [0.5, 0.6) is 17.2 Å². The van der Waals surface area contributed by atoms with Crippen molar-refractivity contribution in [3.05, 3.63) is 41.0 Å². The smallest absolute Gasteiger partial charge is 0.231 e. The Bertz CT molecular complexity index is 769. The summed E-state index contributed by atoms with van der Waals surface area (Å²) in [4.78, 5) is 0. The number of rotatable bonds is 0. The summed E-state index contributed by atoms with van der Waals surface area (Å²) < 4.78 is 11.3. The summed E-state index contributed by atoms with van der Waals surface area (Å²) in [7, 11) is 0. The van der Waals surface area contributed by atoms with E-state index in [1.54, 1.807) is 6.07 Å². The second-order valence-electron chi connectivity index (χ2n) is 5.86. The molecular weight excluding hydrogens is 266 g/mol. The van der Waals surface area contributed by atoms with Gasteiger partial charge in [0.1, 0.15) is 5.75 Å². The molecule has 0 radical (unpaired) electrons. The fourth-order valence-corrected chi connectivity index (χ4v) is 3.83. The summed E-state index contributed by atoms with van der Waals surface area (Å²) in [5.41, 5.74) is 6.09. The number of aromatic hydroxyl groups is 1. The molecule has 2 heterocycles. The first kappa shape index (κ1) is 11.5. The Morgan fingerprint density at radius 2 is 2.10 bits per heavy atom. The molecule has 0 aromatic heterocycles. The van der Waals surface area contributed by atoms with Crippen molar-refractivity contribution in [3.63, 3.8) is 0 Å². The molecule has 106 valence electrons. The molecule has 0 saturated carbocycles. The number of benzene rings is 2. The van der Waals surface area contributed by atoms with Gasteiger partial charge in [-0.3, -0.25) is 0 Å². The summed E-state index contributed by atoms with van der Waals surface area (Å²) in [6.07, 6.45) is 1.96. The third-order valence-electron chi connectivity index (χ3n) is 4.71. The second kappa shape index (κ2) is 3.92. The Morgan fingerprint density at radius 3 is 3.05 bits per heavy atom. The van der Waals surface area contributed by atoms with E-state index in [1.807, 2.05) is 12.1 Å². The van der Waals surface area contributed by atoms with Gasteiger partial charge in [0.15, 0.2) is 11.5 Å². The van der Waals surface area contributed by atoms with Crippen molar-refractivity contribution in [2.24, 2.45) is 0 Å².